The van der Waals surface area contributed by atoms with Crippen molar-refractivity contribution in [2.24, 2.45) is 11.3 Å². The van der Waals surface area contributed by atoms with Gasteiger partial charge in [0.2, 0.25) is 5.91 Å². The second-order valence-electron chi connectivity index (χ2n) is 8.25. The lowest BCUT2D eigenvalue weighted by Gasteiger charge is -2.53. The molecule has 136 valence electrons. The van der Waals surface area contributed by atoms with Gasteiger partial charge in [-0.1, -0.05) is 13.8 Å². The van der Waals surface area contributed by atoms with E-state index in [9.17, 15) is 19.5 Å². The molecule has 2 aliphatic heterocycles. The first-order chi connectivity index (χ1) is 11.0. The zero-order chi connectivity index (χ0) is 18.3. The van der Waals surface area contributed by atoms with E-state index < -0.39 is 29.1 Å². The van der Waals surface area contributed by atoms with Gasteiger partial charge in [-0.3, -0.25) is 4.79 Å². The Morgan fingerprint density at radius 3 is 2.29 bits per heavy atom. The largest absolute Gasteiger partial charge is 0.480 e. The lowest BCUT2D eigenvalue weighted by molar-refractivity contribution is -0.169. The van der Waals surface area contributed by atoms with Crippen molar-refractivity contribution >= 4 is 18.0 Å². The first-order valence-corrected chi connectivity index (χ1v) is 8.49. The van der Waals surface area contributed by atoms with Gasteiger partial charge in [0.15, 0.2) is 0 Å². The summed E-state index contributed by atoms with van der Waals surface area (Å²) in [6.45, 7) is 10.1. The van der Waals surface area contributed by atoms with E-state index in [-0.39, 0.29) is 11.8 Å². The molecule has 2 fully saturated rings. The number of carbonyl (C=O) groups excluding carboxylic acids is 2. The first kappa shape index (κ1) is 18.5. The van der Waals surface area contributed by atoms with Crippen LogP contribution in [0.3, 0.4) is 0 Å². The summed E-state index contributed by atoms with van der Waals surface area (Å²) in [5.41, 5.74) is -1.22. The maximum absolute atomic E-state index is 12.9. The van der Waals surface area contributed by atoms with Crippen LogP contribution in [0.5, 0.6) is 0 Å². The number of hydrogen-bond donors (Lipinski definition) is 1. The number of rotatable bonds is 3. The average molecular weight is 340 g/mol. The van der Waals surface area contributed by atoms with Gasteiger partial charge in [-0.25, -0.2) is 9.59 Å². The van der Waals surface area contributed by atoms with E-state index in [0.717, 1.165) is 6.42 Å². The lowest BCUT2D eigenvalue weighted by atomic mass is 9.72. The first-order valence-electron chi connectivity index (χ1n) is 8.49. The normalized spacial score (nSPS) is 21.7. The van der Waals surface area contributed by atoms with Gasteiger partial charge in [0, 0.05) is 19.6 Å². The Balaban J connectivity index is 2.07. The molecule has 1 spiro atoms. The molecule has 7 heteroatoms. The highest BCUT2D eigenvalue weighted by Crippen LogP contribution is 2.41. The number of aliphatic carboxylic acids is 1. The molecule has 0 radical (unpaired) electrons. The topological polar surface area (TPSA) is 87.2 Å². The van der Waals surface area contributed by atoms with Crippen molar-refractivity contribution in [3.05, 3.63) is 0 Å². The van der Waals surface area contributed by atoms with Crippen molar-refractivity contribution in [1.29, 1.82) is 0 Å². The van der Waals surface area contributed by atoms with E-state index in [4.69, 9.17) is 4.74 Å². The van der Waals surface area contributed by atoms with Crippen LogP contribution in [0, 0.1) is 11.3 Å². The second kappa shape index (κ2) is 6.26. The summed E-state index contributed by atoms with van der Waals surface area (Å²) in [5, 5.41) is 9.46. The van der Waals surface area contributed by atoms with Crippen LogP contribution in [0.4, 0.5) is 4.79 Å². The van der Waals surface area contributed by atoms with Crippen LogP contribution in [0.15, 0.2) is 0 Å². The number of carbonyl (C=O) groups is 3. The molecular formula is C17H28N2O5. The molecule has 1 atom stereocenters. The number of nitrogens with zero attached hydrogens (tertiary/aromatic N) is 2. The number of likely N-dealkylation sites (tertiary alicyclic amines) is 2. The van der Waals surface area contributed by atoms with Crippen molar-refractivity contribution in [2.75, 3.05) is 19.6 Å². The van der Waals surface area contributed by atoms with Crippen LogP contribution in [-0.2, 0) is 14.3 Å². The standard InChI is InChI=1S/C17H28N2O5/c1-11(2)12(13(20)21)19-8-6-7-17(14(19)22)9-18(10-17)15(23)24-16(3,4)5/h11-12H,6-10H2,1-5H3,(H,20,21)/t12-/m0/s1. The van der Waals surface area contributed by atoms with Gasteiger partial charge in [0.25, 0.3) is 0 Å². The van der Waals surface area contributed by atoms with E-state index in [1.165, 1.54) is 9.80 Å². The Morgan fingerprint density at radius 2 is 1.83 bits per heavy atom. The van der Waals surface area contributed by atoms with E-state index >= 15 is 0 Å². The molecule has 2 rings (SSSR count). The summed E-state index contributed by atoms with van der Waals surface area (Å²) in [5.74, 6) is -1.28. The predicted molar refractivity (Wildman–Crippen MR) is 87.4 cm³/mol. The summed E-state index contributed by atoms with van der Waals surface area (Å²) in [6.07, 6.45) is 1.02. The van der Waals surface area contributed by atoms with Gasteiger partial charge in [-0.05, 0) is 39.5 Å². The van der Waals surface area contributed by atoms with Crippen LogP contribution in [0.1, 0.15) is 47.5 Å². The van der Waals surface area contributed by atoms with Crippen LogP contribution in [0.2, 0.25) is 0 Å². The minimum Gasteiger partial charge on any atom is -0.480 e. The fraction of sp³-hybridized carbons (Fsp3) is 0.824. The zero-order valence-electron chi connectivity index (χ0n) is 15.2. The molecule has 2 aliphatic rings. The monoisotopic (exact) mass is 340 g/mol. The Morgan fingerprint density at radius 1 is 1.25 bits per heavy atom. The zero-order valence-corrected chi connectivity index (χ0v) is 15.2. The quantitative estimate of drug-likeness (QED) is 0.848. The van der Waals surface area contributed by atoms with Crippen LogP contribution < -0.4 is 0 Å². The molecule has 2 heterocycles. The van der Waals surface area contributed by atoms with Crippen molar-refractivity contribution in [3.8, 4) is 0 Å². The lowest BCUT2D eigenvalue weighted by Crippen LogP contribution is -2.69. The van der Waals surface area contributed by atoms with Crippen LogP contribution in [0.25, 0.3) is 0 Å². The van der Waals surface area contributed by atoms with Gasteiger partial charge in [0.1, 0.15) is 11.6 Å². The molecule has 1 N–H and O–H groups in total. The van der Waals surface area contributed by atoms with Gasteiger partial charge >= 0.3 is 12.1 Å². The number of hydrogen-bond acceptors (Lipinski definition) is 4. The van der Waals surface area contributed by atoms with E-state index in [1.54, 1.807) is 34.6 Å². The molecule has 2 saturated heterocycles. The number of carboxylic acid groups (broad SMARTS) is 1. The van der Waals surface area contributed by atoms with Crippen LogP contribution >= 0.6 is 0 Å². The molecular weight excluding hydrogens is 312 g/mol. The molecule has 0 bridgehead atoms. The highest BCUT2D eigenvalue weighted by molar-refractivity contribution is 5.90. The van der Waals surface area contributed by atoms with E-state index in [1.807, 2.05) is 0 Å². The molecule has 24 heavy (non-hydrogen) atoms. The summed E-state index contributed by atoms with van der Waals surface area (Å²) >= 11 is 0. The van der Waals surface area contributed by atoms with Gasteiger partial charge < -0.3 is 19.6 Å². The SMILES string of the molecule is CC(C)[C@@H](C(=O)O)N1CCCC2(CN(C(=O)OC(C)(C)C)C2)C1=O. The van der Waals surface area contributed by atoms with Crippen LogP contribution in [-0.4, -0.2) is 64.2 Å². The van der Waals surface area contributed by atoms with Crippen molar-refractivity contribution in [3.63, 3.8) is 0 Å². The maximum Gasteiger partial charge on any atom is 0.410 e. The fourth-order valence-corrected chi connectivity index (χ4v) is 3.58. The molecule has 0 saturated carbocycles. The molecule has 2 amide bonds. The summed E-state index contributed by atoms with van der Waals surface area (Å²) in [6, 6.07) is -0.815. The minimum absolute atomic E-state index is 0.144. The van der Waals surface area contributed by atoms with Crippen molar-refractivity contribution in [2.45, 2.75) is 59.1 Å². The Bertz CT molecular complexity index is 532. The second-order valence-corrected chi connectivity index (χ2v) is 8.25. The smallest absolute Gasteiger partial charge is 0.410 e. The van der Waals surface area contributed by atoms with E-state index in [2.05, 4.69) is 0 Å². The third kappa shape index (κ3) is 3.49. The maximum atomic E-state index is 12.9. The molecule has 0 unspecified atom stereocenters. The number of carboxylic acids is 1. The van der Waals surface area contributed by atoms with Gasteiger partial charge in [0.05, 0.1) is 5.41 Å². The Labute approximate surface area is 142 Å². The molecule has 0 aromatic rings. The highest BCUT2D eigenvalue weighted by atomic mass is 16.6. The molecule has 7 nitrogen and oxygen atoms in total. The Hall–Kier alpha value is -1.79. The minimum atomic E-state index is -0.973. The third-order valence-electron chi connectivity index (χ3n) is 4.63. The Kier molecular flexibility index (Phi) is 4.84. The van der Waals surface area contributed by atoms with Gasteiger partial charge in [-0.2, -0.15) is 0 Å². The molecule has 0 aromatic heterocycles. The summed E-state index contributed by atoms with van der Waals surface area (Å²) in [7, 11) is 0. The number of ether oxygens (including phenoxy) is 1. The molecule has 0 aliphatic carbocycles. The van der Waals surface area contributed by atoms with Crippen molar-refractivity contribution < 1.29 is 24.2 Å². The van der Waals surface area contributed by atoms with Crippen molar-refractivity contribution in [1.82, 2.24) is 9.80 Å². The third-order valence-corrected chi connectivity index (χ3v) is 4.63. The predicted octanol–water partition coefficient (Wildman–Crippen LogP) is 1.96. The summed E-state index contributed by atoms with van der Waals surface area (Å²) in [4.78, 5) is 39.6. The molecule has 0 aromatic carbocycles. The fourth-order valence-electron chi connectivity index (χ4n) is 3.58. The summed E-state index contributed by atoms with van der Waals surface area (Å²) < 4.78 is 5.33. The van der Waals surface area contributed by atoms with E-state index in [0.29, 0.717) is 26.1 Å². The number of piperidine rings is 1. The average Bonchev–Trinajstić information content (AvgIpc) is 2.35. The van der Waals surface area contributed by atoms with Gasteiger partial charge in [-0.15, -0.1) is 0 Å². The number of amides is 2. The highest BCUT2D eigenvalue weighted by Gasteiger charge is 2.56.